The lowest BCUT2D eigenvalue weighted by Crippen LogP contribution is -2.38. The Labute approximate surface area is 151 Å². The van der Waals surface area contributed by atoms with Crippen LogP contribution in [0.2, 0.25) is 0 Å². The fourth-order valence-electron chi connectivity index (χ4n) is 3.45. The van der Waals surface area contributed by atoms with Crippen molar-refractivity contribution < 1.29 is 0 Å². The lowest BCUT2D eigenvalue weighted by Gasteiger charge is -2.26. The van der Waals surface area contributed by atoms with Gasteiger partial charge in [0.25, 0.3) is 5.56 Å². The van der Waals surface area contributed by atoms with Gasteiger partial charge < -0.3 is 9.88 Å². The molecule has 0 bridgehead atoms. The summed E-state index contributed by atoms with van der Waals surface area (Å²) in [6.07, 6.45) is 5.22. The first kappa shape index (κ1) is 16.7. The van der Waals surface area contributed by atoms with Gasteiger partial charge in [0.05, 0.1) is 24.6 Å². The van der Waals surface area contributed by atoms with Crippen LogP contribution in [0.5, 0.6) is 0 Å². The number of imidazole rings is 1. The molecular formula is C18H23N7O. The molecule has 1 saturated heterocycles. The van der Waals surface area contributed by atoms with Crippen LogP contribution in [-0.2, 0) is 12.0 Å². The number of aromatic nitrogens is 6. The topological polar surface area (TPSA) is 92.6 Å². The van der Waals surface area contributed by atoms with Crippen LogP contribution in [0.25, 0.3) is 11.2 Å². The number of H-pyrrole nitrogens is 1. The molecule has 0 aromatic carbocycles. The average molecular weight is 353 g/mol. The lowest BCUT2D eigenvalue weighted by atomic mass is 9.92. The van der Waals surface area contributed by atoms with Gasteiger partial charge in [0.2, 0.25) is 0 Å². The summed E-state index contributed by atoms with van der Waals surface area (Å²) in [7, 11) is 0. The predicted molar refractivity (Wildman–Crippen MR) is 99.2 cm³/mol. The summed E-state index contributed by atoms with van der Waals surface area (Å²) in [5.74, 6) is 0.843. The number of nitrogens with zero attached hydrogens (tertiary/aromatic N) is 6. The highest BCUT2D eigenvalue weighted by molar-refractivity contribution is 5.82. The Bertz CT molecular complexity index is 985. The number of hydrogen-bond donors (Lipinski definition) is 1. The van der Waals surface area contributed by atoms with E-state index in [9.17, 15) is 4.79 Å². The monoisotopic (exact) mass is 353 g/mol. The third kappa shape index (κ3) is 2.95. The molecule has 0 amide bonds. The Hall–Kier alpha value is -2.77. The minimum absolute atomic E-state index is 0.0702. The lowest BCUT2D eigenvalue weighted by molar-refractivity contribution is 0.457. The Morgan fingerprint density at radius 3 is 2.88 bits per heavy atom. The molecular weight excluding hydrogens is 330 g/mol. The highest BCUT2D eigenvalue weighted by atomic mass is 16.1. The molecule has 1 N–H and O–H groups in total. The van der Waals surface area contributed by atoms with E-state index in [0.717, 1.165) is 36.4 Å². The number of nitrogens with one attached hydrogen (secondary N) is 1. The van der Waals surface area contributed by atoms with Crippen LogP contribution in [0, 0.1) is 0 Å². The third-order valence-corrected chi connectivity index (χ3v) is 4.87. The van der Waals surface area contributed by atoms with E-state index in [0.29, 0.717) is 12.2 Å². The van der Waals surface area contributed by atoms with Gasteiger partial charge in [-0.1, -0.05) is 20.8 Å². The SMILES string of the molecule is CC(C)(C)c1ccc(=O)n(CC2CCCN2c2ncnc3nc[nH]c23)n1. The molecule has 8 nitrogen and oxygen atoms in total. The minimum Gasteiger partial charge on any atom is -0.350 e. The van der Waals surface area contributed by atoms with E-state index < -0.39 is 0 Å². The zero-order valence-electron chi connectivity index (χ0n) is 15.3. The van der Waals surface area contributed by atoms with Gasteiger partial charge in [0.1, 0.15) is 11.8 Å². The molecule has 0 spiro atoms. The highest BCUT2D eigenvalue weighted by Crippen LogP contribution is 2.28. The number of rotatable bonds is 3. The van der Waals surface area contributed by atoms with Crippen molar-refractivity contribution in [2.24, 2.45) is 0 Å². The van der Waals surface area contributed by atoms with E-state index in [2.05, 4.69) is 50.7 Å². The first-order chi connectivity index (χ1) is 12.4. The van der Waals surface area contributed by atoms with Gasteiger partial charge in [0, 0.05) is 18.0 Å². The molecule has 1 fully saturated rings. The summed E-state index contributed by atoms with van der Waals surface area (Å²) >= 11 is 0. The second kappa shape index (κ2) is 6.19. The molecule has 8 heteroatoms. The van der Waals surface area contributed by atoms with E-state index in [1.165, 1.54) is 0 Å². The first-order valence-corrected chi connectivity index (χ1v) is 8.93. The summed E-state index contributed by atoms with van der Waals surface area (Å²) in [5, 5.41) is 4.61. The summed E-state index contributed by atoms with van der Waals surface area (Å²) in [4.78, 5) is 30.6. The standard InChI is InChI=1S/C18H23N7O/c1-18(2,3)13-6-7-14(26)25(23-13)9-12-5-4-8-24(12)17-15-16(20-10-19-15)21-11-22-17/h6-7,10-12H,4-5,8-9H2,1-3H3,(H,19,20,21,22). The van der Waals surface area contributed by atoms with Gasteiger partial charge in [-0.3, -0.25) is 4.79 Å². The maximum atomic E-state index is 12.3. The first-order valence-electron chi connectivity index (χ1n) is 8.93. The largest absolute Gasteiger partial charge is 0.350 e. The third-order valence-electron chi connectivity index (χ3n) is 4.87. The second-order valence-electron chi connectivity index (χ2n) is 7.78. The molecule has 0 radical (unpaired) electrons. The fourth-order valence-corrected chi connectivity index (χ4v) is 3.45. The van der Waals surface area contributed by atoms with Gasteiger partial charge in [-0.25, -0.2) is 19.6 Å². The van der Waals surface area contributed by atoms with Crippen molar-refractivity contribution in [1.82, 2.24) is 29.7 Å². The molecule has 1 aliphatic heterocycles. The molecule has 3 aromatic heterocycles. The van der Waals surface area contributed by atoms with Gasteiger partial charge in [-0.15, -0.1) is 0 Å². The average Bonchev–Trinajstić information content (AvgIpc) is 3.24. The normalized spacial score (nSPS) is 18.0. The van der Waals surface area contributed by atoms with Crippen LogP contribution < -0.4 is 10.5 Å². The van der Waals surface area contributed by atoms with Gasteiger partial charge >= 0.3 is 0 Å². The zero-order chi connectivity index (χ0) is 18.3. The maximum absolute atomic E-state index is 12.3. The van der Waals surface area contributed by atoms with E-state index in [-0.39, 0.29) is 17.0 Å². The number of aromatic amines is 1. The van der Waals surface area contributed by atoms with Crippen LogP contribution in [0.3, 0.4) is 0 Å². The zero-order valence-corrected chi connectivity index (χ0v) is 15.3. The van der Waals surface area contributed by atoms with Crippen molar-refractivity contribution in [3.63, 3.8) is 0 Å². The molecule has 3 aromatic rings. The summed E-state index contributed by atoms with van der Waals surface area (Å²) in [6.45, 7) is 7.73. The molecule has 1 unspecified atom stereocenters. The number of anilines is 1. The molecule has 136 valence electrons. The molecule has 0 aliphatic carbocycles. The van der Waals surface area contributed by atoms with Crippen LogP contribution in [0.4, 0.5) is 5.82 Å². The van der Waals surface area contributed by atoms with E-state index in [1.54, 1.807) is 23.4 Å². The Morgan fingerprint density at radius 2 is 2.08 bits per heavy atom. The molecule has 4 heterocycles. The minimum atomic E-state index is -0.0977. The van der Waals surface area contributed by atoms with Crippen molar-refractivity contribution in [2.75, 3.05) is 11.4 Å². The van der Waals surface area contributed by atoms with Crippen molar-refractivity contribution in [3.05, 3.63) is 40.8 Å². The summed E-state index contributed by atoms with van der Waals surface area (Å²) in [5.41, 5.74) is 2.24. The van der Waals surface area contributed by atoms with Gasteiger partial charge in [-0.2, -0.15) is 5.10 Å². The van der Waals surface area contributed by atoms with Crippen LogP contribution in [-0.4, -0.2) is 42.3 Å². The predicted octanol–water partition coefficient (Wildman–Crippen LogP) is 1.88. The quantitative estimate of drug-likeness (QED) is 0.773. The van der Waals surface area contributed by atoms with Gasteiger partial charge in [-0.05, 0) is 18.9 Å². The van der Waals surface area contributed by atoms with E-state index in [1.807, 2.05) is 6.07 Å². The molecule has 26 heavy (non-hydrogen) atoms. The summed E-state index contributed by atoms with van der Waals surface area (Å²) < 4.78 is 1.59. The van der Waals surface area contributed by atoms with Gasteiger partial charge in [0.15, 0.2) is 11.5 Å². The van der Waals surface area contributed by atoms with Crippen molar-refractivity contribution >= 4 is 17.0 Å². The van der Waals surface area contributed by atoms with Crippen molar-refractivity contribution in [2.45, 2.75) is 51.6 Å². The Morgan fingerprint density at radius 1 is 1.23 bits per heavy atom. The fraction of sp³-hybridized carbons (Fsp3) is 0.500. The van der Waals surface area contributed by atoms with E-state index >= 15 is 0 Å². The van der Waals surface area contributed by atoms with Crippen LogP contribution in [0.15, 0.2) is 29.6 Å². The van der Waals surface area contributed by atoms with Crippen LogP contribution >= 0.6 is 0 Å². The Kier molecular flexibility index (Phi) is 3.97. The van der Waals surface area contributed by atoms with Crippen LogP contribution in [0.1, 0.15) is 39.3 Å². The molecule has 1 atom stereocenters. The Balaban J connectivity index is 1.66. The molecule has 4 rings (SSSR count). The highest BCUT2D eigenvalue weighted by Gasteiger charge is 2.29. The van der Waals surface area contributed by atoms with Crippen molar-refractivity contribution in [1.29, 1.82) is 0 Å². The second-order valence-corrected chi connectivity index (χ2v) is 7.78. The molecule has 0 saturated carbocycles. The van der Waals surface area contributed by atoms with E-state index in [4.69, 9.17) is 0 Å². The number of hydrogen-bond acceptors (Lipinski definition) is 6. The van der Waals surface area contributed by atoms with Crippen molar-refractivity contribution in [3.8, 4) is 0 Å². The molecule has 1 aliphatic rings. The smallest absolute Gasteiger partial charge is 0.266 e. The maximum Gasteiger partial charge on any atom is 0.266 e. The number of fused-ring (bicyclic) bond motifs is 1. The summed E-state index contributed by atoms with van der Waals surface area (Å²) in [6, 6.07) is 3.60.